The van der Waals surface area contributed by atoms with Gasteiger partial charge in [-0.3, -0.25) is 0 Å². The third-order valence-corrected chi connectivity index (χ3v) is 3.18. The molecule has 0 aliphatic heterocycles. The largest absolute Gasteiger partial charge is 0.494 e. The first-order valence-electron chi connectivity index (χ1n) is 7.28. The maximum absolute atomic E-state index is 5.80. The molecule has 0 aliphatic carbocycles. The molecule has 3 heteroatoms. The Morgan fingerprint density at radius 1 is 1.11 bits per heavy atom. The van der Waals surface area contributed by atoms with Crippen LogP contribution in [0, 0.1) is 0 Å². The second-order valence-corrected chi connectivity index (χ2v) is 4.59. The molecule has 0 bridgehead atoms. The standard InChI is InChI=1S/C16H27NO2/c1-5-12-19-14-10-8-13(9-11-14)16(17-4)15(6-2)18-7-3/h8-11,15-17H,5-7,12H2,1-4H3. The molecule has 0 saturated heterocycles. The Bertz CT molecular complexity index is 337. The van der Waals surface area contributed by atoms with Gasteiger partial charge in [-0.25, -0.2) is 0 Å². The molecule has 108 valence electrons. The summed E-state index contributed by atoms with van der Waals surface area (Å²) in [7, 11) is 1.98. The van der Waals surface area contributed by atoms with E-state index >= 15 is 0 Å². The molecule has 0 aromatic heterocycles. The average molecular weight is 265 g/mol. The van der Waals surface area contributed by atoms with Crippen LogP contribution < -0.4 is 10.1 Å². The normalized spacial score (nSPS) is 14.1. The van der Waals surface area contributed by atoms with Crippen LogP contribution in [-0.4, -0.2) is 26.4 Å². The monoisotopic (exact) mass is 265 g/mol. The van der Waals surface area contributed by atoms with Crippen molar-refractivity contribution in [2.75, 3.05) is 20.3 Å². The van der Waals surface area contributed by atoms with Gasteiger partial charge in [0.25, 0.3) is 0 Å². The molecule has 1 aromatic rings. The van der Waals surface area contributed by atoms with E-state index in [-0.39, 0.29) is 12.1 Å². The molecule has 1 N–H and O–H groups in total. The van der Waals surface area contributed by atoms with E-state index in [9.17, 15) is 0 Å². The fourth-order valence-corrected chi connectivity index (χ4v) is 2.22. The van der Waals surface area contributed by atoms with Gasteiger partial charge in [0.1, 0.15) is 5.75 Å². The summed E-state index contributed by atoms with van der Waals surface area (Å²) in [5.41, 5.74) is 1.24. The Morgan fingerprint density at radius 2 is 1.79 bits per heavy atom. The Labute approximate surface area is 117 Å². The molecule has 0 aliphatic rings. The highest BCUT2D eigenvalue weighted by Gasteiger charge is 2.20. The molecule has 0 amide bonds. The summed E-state index contributed by atoms with van der Waals surface area (Å²) in [4.78, 5) is 0. The van der Waals surface area contributed by atoms with Gasteiger partial charge in [-0.2, -0.15) is 0 Å². The van der Waals surface area contributed by atoms with E-state index in [1.807, 2.05) is 26.1 Å². The van der Waals surface area contributed by atoms with Crippen molar-refractivity contribution in [1.82, 2.24) is 5.32 Å². The average Bonchev–Trinajstić information content (AvgIpc) is 2.46. The summed E-state index contributed by atoms with van der Waals surface area (Å²) < 4.78 is 11.4. The predicted octanol–water partition coefficient (Wildman–Crippen LogP) is 3.55. The van der Waals surface area contributed by atoms with Crippen LogP contribution in [0.4, 0.5) is 0 Å². The van der Waals surface area contributed by atoms with Crippen molar-refractivity contribution < 1.29 is 9.47 Å². The SMILES string of the molecule is CCCOc1ccc(C(NC)C(CC)OCC)cc1. The number of hydrogen-bond acceptors (Lipinski definition) is 3. The molecule has 2 atom stereocenters. The molecule has 0 radical (unpaired) electrons. The van der Waals surface area contributed by atoms with Crippen molar-refractivity contribution in [2.24, 2.45) is 0 Å². The molecule has 1 rings (SSSR count). The van der Waals surface area contributed by atoms with E-state index < -0.39 is 0 Å². The fraction of sp³-hybridized carbons (Fsp3) is 0.625. The van der Waals surface area contributed by atoms with Crippen LogP contribution in [-0.2, 0) is 4.74 Å². The molecule has 0 saturated carbocycles. The lowest BCUT2D eigenvalue weighted by Gasteiger charge is -2.26. The Morgan fingerprint density at radius 3 is 2.26 bits per heavy atom. The van der Waals surface area contributed by atoms with Crippen molar-refractivity contribution in [2.45, 2.75) is 45.8 Å². The second-order valence-electron chi connectivity index (χ2n) is 4.59. The van der Waals surface area contributed by atoms with Crippen LogP contribution >= 0.6 is 0 Å². The van der Waals surface area contributed by atoms with Crippen molar-refractivity contribution in [3.8, 4) is 5.75 Å². The molecule has 0 spiro atoms. The van der Waals surface area contributed by atoms with Crippen LogP contribution in [0.2, 0.25) is 0 Å². The number of ether oxygens (including phenoxy) is 2. The number of benzene rings is 1. The summed E-state index contributed by atoms with van der Waals surface area (Å²) >= 11 is 0. The van der Waals surface area contributed by atoms with Crippen LogP contribution in [0.15, 0.2) is 24.3 Å². The van der Waals surface area contributed by atoms with Crippen LogP contribution in [0.5, 0.6) is 5.75 Å². The van der Waals surface area contributed by atoms with E-state index in [1.165, 1.54) is 5.56 Å². The topological polar surface area (TPSA) is 30.5 Å². The highest BCUT2D eigenvalue weighted by Crippen LogP contribution is 2.23. The zero-order valence-corrected chi connectivity index (χ0v) is 12.6. The first kappa shape index (κ1) is 16.0. The van der Waals surface area contributed by atoms with Gasteiger partial charge in [-0.15, -0.1) is 0 Å². The minimum absolute atomic E-state index is 0.206. The minimum Gasteiger partial charge on any atom is -0.494 e. The third kappa shape index (κ3) is 4.84. The minimum atomic E-state index is 0.206. The summed E-state index contributed by atoms with van der Waals surface area (Å²) in [6.07, 6.45) is 2.23. The van der Waals surface area contributed by atoms with Crippen molar-refractivity contribution in [1.29, 1.82) is 0 Å². The van der Waals surface area contributed by atoms with E-state index in [0.29, 0.717) is 0 Å². The number of hydrogen-bond donors (Lipinski definition) is 1. The van der Waals surface area contributed by atoms with E-state index in [0.717, 1.165) is 31.8 Å². The van der Waals surface area contributed by atoms with E-state index in [4.69, 9.17) is 9.47 Å². The first-order valence-corrected chi connectivity index (χ1v) is 7.28. The van der Waals surface area contributed by atoms with Crippen LogP contribution in [0.25, 0.3) is 0 Å². The molecule has 2 unspecified atom stereocenters. The fourth-order valence-electron chi connectivity index (χ4n) is 2.22. The molecular weight excluding hydrogens is 238 g/mol. The number of nitrogens with one attached hydrogen (secondary N) is 1. The van der Waals surface area contributed by atoms with Crippen molar-refractivity contribution in [3.63, 3.8) is 0 Å². The highest BCUT2D eigenvalue weighted by molar-refractivity contribution is 5.29. The molecule has 0 fully saturated rings. The summed E-state index contributed by atoms with van der Waals surface area (Å²) in [6, 6.07) is 8.54. The Kier molecular flexibility index (Phi) is 7.53. The van der Waals surface area contributed by atoms with Gasteiger partial charge in [0.15, 0.2) is 0 Å². The van der Waals surface area contributed by atoms with Gasteiger partial charge in [-0.1, -0.05) is 26.0 Å². The molecule has 0 heterocycles. The lowest BCUT2D eigenvalue weighted by molar-refractivity contribution is 0.0334. The quantitative estimate of drug-likeness (QED) is 0.740. The molecule has 1 aromatic carbocycles. The van der Waals surface area contributed by atoms with E-state index in [2.05, 4.69) is 31.3 Å². The maximum Gasteiger partial charge on any atom is 0.119 e. The zero-order chi connectivity index (χ0) is 14.1. The lowest BCUT2D eigenvalue weighted by Crippen LogP contribution is -2.31. The Hall–Kier alpha value is -1.06. The predicted molar refractivity (Wildman–Crippen MR) is 79.7 cm³/mol. The van der Waals surface area contributed by atoms with Gasteiger partial charge in [-0.05, 0) is 44.5 Å². The van der Waals surface area contributed by atoms with Crippen molar-refractivity contribution in [3.05, 3.63) is 29.8 Å². The third-order valence-electron chi connectivity index (χ3n) is 3.18. The van der Waals surface area contributed by atoms with E-state index in [1.54, 1.807) is 0 Å². The van der Waals surface area contributed by atoms with Gasteiger partial charge >= 0.3 is 0 Å². The van der Waals surface area contributed by atoms with Gasteiger partial charge in [0, 0.05) is 6.61 Å². The first-order chi connectivity index (χ1) is 9.26. The summed E-state index contributed by atoms with van der Waals surface area (Å²) in [5.74, 6) is 0.935. The number of rotatable bonds is 9. The van der Waals surface area contributed by atoms with Crippen LogP contribution in [0.1, 0.15) is 45.2 Å². The summed E-state index contributed by atoms with van der Waals surface area (Å²) in [6.45, 7) is 7.82. The van der Waals surface area contributed by atoms with Crippen LogP contribution in [0.3, 0.4) is 0 Å². The zero-order valence-electron chi connectivity index (χ0n) is 12.6. The second kappa shape index (κ2) is 8.94. The van der Waals surface area contributed by atoms with Crippen molar-refractivity contribution >= 4 is 0 Å². The molecular formula is C16H27NO2. The number of likely N-dealkylation sites (N-methyl/N-ethyl adjacent to an activating group) is 1. The van der Waals surface area contributed by atoms with Gasteiger partial charge < -0.3 is 14.8 Å². The maximum atomic E-state index is 5.80. The lowest BCUT2D eigenvalue weighted by atomic mass is 9.99. The van der Waals surface area contributed by atoms with Gasteiger partial charge in [0.2, 0.25) is 0 Å². The van der Waals surface area contributed by atoms with Gasteiger partial charge in [0.05, 0.1) is 18.8 Å². The molecule has 3 nitrogen and oxygen atoms in total. The highest BCUT2D eigenvalue weighted by atomic mass is 16.5. The Balaban J connectivity index is 2.75. The smallest absolute Gasteiger partial charge is 0.119 e. The summed E-state index contributed by atoms with van der Waals surface area (Å²) in [5, 5.41) is 3.35. The molecule has 19 heavy (non-hydrogen) atoms.